The van der Waals surface area contributed by atoms with E-state index in [-0.39, 0.29) is 66.0 Å². The van der Waals surface area contributed by atoms with Crippen LogP contribution in [0.15, 0.2) is 232 Å². The van der Waals surface area contributed by atoms with Crippen molar-refractivity contribution in [2.24, 2.45) is 23.7 Å². The van der Waals surface area contributed by atoms with Gasteiger partial charge in [0.05, 0.1) is 111 Å². The fraction of sp³-hybridized carbons (Fsp3) is 0.309. The third-order valence-electron chi connectivity index (χ3n) is 26.4. The molecule has 0 spiro atoms. The van der Waals surface area contributed by atoms with Gasteiger partial charge in [-0.2, -0.15) is 46.3 Å². The molecule has 4 N–H and O–H groups in total. The number of imidazole rings is 4. The fourth-order valence-electron chi connectivity index (χ4n) is 20.3. The van der Waals surface area contributed by atoms with Gasteiger partial charge in [0.2, 0.25) is 5.91 Å². The number of ether oxygens (including phenoxy) is 1. The molecule has 4 amide bonds. The quantitative estimate of drug-likeness (QED) is 0.0551. The van der Waals surface area contributed by atoms with Crippen molar-refractivity contribution in [1.29, 1.82) is 5.26 Å². The SMILES string of the molecule is C[C@@H]1CC(Cn2cnc3cc(-c4cn[nH]c4)ccc32)CN1C(=O)c1ccc(F)cc1.C[C@@H]1CC(Cn2cnc3cc(-c4cn[nH]c4)ccc32)CN1C(=O)c1ccccc1C#N.Cc1ccccc1OCC(=O)N1C2CCC1C(Cn1cnc3cc(-c4cn[nH]n4)ccc31)C2.O=C(CCc1cccc(F)c1)N1C2CCC1C(Cn1cnc3cc(-c4cn[nH]n4)ccc31)C2. The molecule has 6 saturated heterocycles. The molecule has 0 saturated carbocycles. The van der Waals surface area contributed by atoms with Crippen LogP contribution in [0.25, 0.3) is 88.9 Å². The number of nitrogens with zero attached hydrogens (tertiary/aromatic N) is 19. The number of rotatable bonds is 20. The second-order valence-electron chi connectivity index (χ2n) is 34.4. The number of hydrogen-bond donors (Lipinski definition) is 4. The van der Waals surface area contributed by atoms with Gasteiger partial charge >= 0.3 is 0 Å². The van der Waals surface area contributed by atoms with E-state index in [4.69, 9.17) is 4.74 Å². The zero-order valence-electron chi connectivity index (χ0n) is 70.5. The Bertz CT molecular complexity index is 6650. The summed E-state index contributed by atoms with van der Waals surface area (Å²) in [6.45, 7) is 10.9. The standard InChI is InChI=1S/C25H25FN6O.C25H26N6O2.C24H22N6O.C23H22FN5O/c26-19-3-1-2-16(10-19)4-9-25(33)32-20-6-8-23(32)18(11-20)14-31-15-27-21-12-17(5-7-24(21)31)22-13-28-30-29-22;1-16-4-2-3-5-24(16)33-14-25(32)31-19-7-9-22(31)18(10-19)13-30-15-26-20-11-17(6-8-23(20)30)21-12-27-29-28-21;1-16-8-17(14-30(16)24(31)21-5-3-2-4-19(21)10-25)13-29-15-26-22-9-18(6-7-23(22)29)20-11-27-28-12-20;1-15-8-16(13-29(15)23(30)17-2-5-20(24)6-3-17)12-28-14-25-21-9-18(4-7-22(21)28)19-10-26-27-11-19/h1-3,5,7,10,12-13,15,18,20,23H,4,6,8-9,11,14H2,(H,28,29,30);2-6,8,11-12,15,18-19,22H,7,9-10,13-14H2,1H3,(H,27,28,29);2-7,9,11-12,15-17H,8,13-14H2,1H3,(H,27,28);2-7,9-11,14-16H,8,12-13H2,1H3,(H,26,27)/t;;16-,17?;15-,16?/m..11/s1. The summed E-state index contributed by atoms with van der Waals surface area (Å²) in [5.74, 6) is 1.93. The van der Waals surface area contributed by atoms with Crippen LogP contribution >= 0.6 is 0 Å². The van der Waals surface area contributed by atoms with E-state index in [0.29, 0.717) is 78.4 Å². The Hall–Kier alpha value is -14.6. The molecule has 6 aliphatic heterocycles. The number of carbonyl (C=O) groups is 4. The Labute approximate surface area is 730 Å². The van der Waals surface area contributed by atoms with Crippen molar-refractivity contribution >= 4 is 67.8 Å². The molecule has 16 aromatic rings. The summed E-state index contributed by atoms with van der Waals surface area (Å²) < 4.78 is 41.2. The average molecular weight is 1700 g/mol. The first kappa shape index (κ1) is 82.0. The third kappa shape index (κ3) is 17.3. The van der Waals surface area contributed by atoms with Crippen molar-refractivity contribution in [1.82, 2.24) is 109 Å². The predicted octanol–water partition coefficient (Wildman–Crippen LogP) is 15.5. The highest BCUT2D eigenvalue weighted by molar-refractivity contribution is 5.97. The fourth-order valence-corrected chi connectivity index (χ4v) is 20.3. The van der Waals surface area contributed by atoms with Crippen LogP contribution in [-0.2, 0) is 42.2 Å². The topological polar surface area (TPSA) is 326 Å². The molecule has 6 fully saturated rings. The number of likely N-dealkylation sites (tertiary alicyclic amines) is 2. The molecule has 0 radical (unpaired) electrons. The van der Waals surface area contributed by atoms with Gasteiger partial charge in [0.15, 0.2) is 6.61 Å². The molecule has 127 heavy (non-hydrogen) atoms. The molecule has 0 aliphatic carbocycles. The lowest BCUT2D eigenvalue weighted by Gasteiger charge is -2.25. The summed E-state index contributed by atoms with van der Waals surface area (Å²) in [5.41, 5.74) is 19.3. The smallest absolute Gasteiger partial charge is 0.261 e. The van der Waals surface area contributed by atoms with Gasteiger partial charge in [0.1, 0.15) is 28.8 Å². The van der Waals surface area contributed by atoms with E-state index in [0.717, 1.165) is 183 Å². The zero-order chi connectivity index (χ0) is 86.8. The van der Waals surface area contributed by atoms with Crippen molar-refractivity contribution in [2.75, 3.05) is 19.7 Å². The van der Waals surface area contributed by atoms with E-state index in [2.05, 4.69) is 174 Å². The van der Waals surface area contributed by atoms with Gasteiger partial charge in [-0.3, -0.25) is 29.4 Å². The number of nitrogens with one attached hydrogen (secondary N) is 4. The molecular weight excluding hydrogens is 1610 g/mol. The van der Waals surface area contributed by atoms with Crippen molar-refractivity contribution in [2.45, 2.75) is 147 Å². The lowest BCUT2D eigenvalue weighted by Crippen LogP contribution is -2.40. The highest BCUT2D eigenvalue weighted by atomic mass is 19.1. The molecule has 642 valence electrons. The summed E-state index contributed by atoms with van der Waals surface area (Å²) >= 11 is 0. The van der Waals surface area contributed by atoms with Gasteiger partial charge in [-0.1, -0.05) is 66.7 Å². The van der Waals surface area contributed by atoms with Crippen LogP contribution in [-0.4, -0.2) is 189 Å². The monoisotopic (exact) mass is 1700 g/mol. The molecule has 30 heteroatoms. The summed E-state index contributed by atoms with van der Waals surface area (Å²) in [6, 6.07) is 55.6. The number of fused-ring (bicyclic) bond motifs is 8. The Morgan fingerprint density at radius 2 is 0.969 bits per heavy atom. The number of aryl methyl sites for hydroxylation is 2. The molecule has 10 atom stereocenters. The van der Waals surface area contributed by atoms with Crippen molar-refractivity contribution in [3.63, 3.8) is 0 Å². The first-order valence-corrected chi connectivity index (χ1v) is 43.5. The van der Waals surface area contributed by atoms with Crippen LogP contribution in [0.2, 0.25) is 0 Å². The first-order chi connectivity index (χ1) is 62.0. The molecule has 14 heterocycles. The van der Waals surface area contributed by atoms with E-state index in [9.17, 15) is 33.2 Å². The van der Waals surface area contributed by atoms with Crippen LogP contribution in [0.3, 0.4) is 0 Å². The predicted molar refractivity (Wildman–Crippen MR) is 475 cm³/mol. The molecule has 4 bridgehead atoms. The number of H-pyrrole nitrogens is 4. The van der Waals surface area contributed by atoms with Gasteiger partial charge in [-0.15, -0.1) is 0 Å². The van der Waals surface area contributed by atoms with E-state index in [1.165, 1.54) is 24.3 Å². The lowest BCUT2D eigenvalue weighted by molar-refractivity contribution is -0.135. The van der Waals surface area contributed by atoms with E-state index < -0.39 is 0 Å². The molecule has 8 aromatic carbocycles. The number of halogens is 2. The molecule has 8 unspecified atom stereocenters. The van der Waals surface area contributed by atoms with E-state index >= 15 is 0 Å². The highest BCUT2D eigenvalue weighted by Gasteiger charge is 2.50. The van der Waals surface area contributed by atoms with Crippen LogP contribution in [0.4, 0.5) is 8.78 Å². The zero-order valence-corrected chi connectivity index (χ0v) is 70.5. The van der Waals surface area contributed by atoms with Gasteiger partial charge in [0.25, 0.3) is 17.7 Å². The van der Waals surface area contributed by atoms with Gasteiger partial charge in [-0.05, 0) is 228 Å². The van der Waals surface area contributed by atoms with Crippen LogP contribution < -0.4 is 4.74 Å². The average Bonchev–Trinajstić information content (AvgIpc) is 1.61. The summed E-state index contributed by atoms with van der Waals surface area (Å²) in [6.07, 6.45) is 27.5. The number of benzene rings is 8. The number of aromatic amines is 4. The minimum atomic E-state index is -0.332. The number of para-hydroxylation sites is 1. The molecule has 22 rings (SSSR count). The molecule has 28 nitrogen and oxygen atoms in total. The highest BCUT2D eigenvalue weighted by Crippen LogP contribution is 2.45. The molecular formula is C97H95F2N23O5. The van der Waals surface area contributed by atoms with Crippen molar-refractivity contribution < 1.29 is 32.7 Å². The number of aromatic nitrogens is 18. The molecule has 8 aromatic heterocycles. The maximum absolute atomic E-state index is 13.5. The minimum Gasteiger partial charge on any atom is -0.484 e. The lowest BCUT2D eigenvalue weighted by atomic mass is 9.89. The Morgan fingerprint density at radius 1 is 0.480 bits per heavy atom. The van der Waals surface area contributed by atoms with Crippen molar-refractivity contribution in [3.8, 4) is 56.6 Å². The van der Waals surface area contributed by atoms with Gasteiger partial charge < -0.3 is 42.6 Å². The van der Waals surface area contributed by atoms with Crippen LogP contribution in [0.5, 0.6) is 5.75 Å². The first-order valence-electron chi connectivity index (χ1n) is 43.5. The second-order valence-corrected chi connectivity index (χ2v) is 34.4. The van der Waals surface area contributed by atoms with Gasteiger partial charge in [-0.25, -0.2) is 28.7 Å². The van der Waals surface area contributed by atoms with Crippen molar-refractivity contribution in [3.05, 3.63) is 272 Å². The van der Waals surface area contributed by atoms with E-state index in [1.807, 2.05) is 109 Å². The number of carbonyl (C=O) groups excluding carboxylic acids is 4. The maximum Gasteiger partial charge on any atom is 0.261 e. The Morgan fingerprint density at radius 3 is 1.46 bits per heavy atom. The number of hydrogen-bond acceptors (Lipinski definition) is 16. The van der Waals surface area contributed by atoms with Crippen LogP contribution in [0, 0.1) is 53.6 Å². The van der Waals surface area contributed by atoms with E-state index in [1.54, 1.807) is 61.2 Å². The maximum atomic E-state index is 13.5. The normalized spacial score (nSPS) is 20.3. The Balaban J connectivity index is 0.000000110. The third-order valence-corrected chi connectivity index (χ3v) is 26.4. The summed E-state index contributed by atoms with van der Waals surface area (Å²) in [5, 5.41) is 44.4. The Kier molecular flexibility index (Phi) is 23.2. The summed E-state index contributed by atoms with van der Waals surface area (Å²) in [7, 11) is 0. The number of nitriles is 1. The minimum absolute atomic E-state index is 0.0368. The molecule has 6 aliphatic rings. The second kappa shape index (κ2) is 35.9. The largest absolute Gasteiger partial charge is 0.484 e. The number of amides is 4. The summed E-state index contributed by atoms with van der Waals surface area (Å²) in [4.78, 5) is 78.5. The van der Waals surface area contributed by atoms with Gasteiger partial charge in [0, 0.05) is 122 Å². The van der Waals surface area contributed by atoms with Crippen LogP contribution in [0.1, 0.15) is 109 Å².